The van der Waals surface area contributed by atoms with Gasteiger partial charge in [-0.3, -0.25) is 4.40 Å². The predicted molar refractivity (Wildman–Crippen MR) is 110 cm³/mol. The average Bonchev–Trinajstić information content (AvgIpc) is 3.08. The third kappa shape index (κ3) is 4.04. The third-order valence-corrected chi connectivity index (χ3v) is 4.82. The molecule has 152 valence electrons. The van der Waals surface area contributed by atoms with Crippen LogP contribution in [0.4, 0.5) is 4.39 Å². The van der Waals surface area contributed by atoms with Crippen LogP contribution in [0.3, 0.4) is 0 Å². The molecule has 4 rings (SSSR count). The van der Waals surface area contributed by atoms with E-state index >= 15 is 0 Å². The summed E-state index contributed by atoms with van der Waals surface area (Å²) in [4.78, 5) is 8.79. The van der Waals surface area contributed by atoms with E-state index in [0.29, 0.717) is 47.8 Å². The minimum atomic E-state index is -0.709. The zero-order valence-electron chi connectivity index (χ0n) is 16.2. The van der Waals surface area contributed by atoms with Gasteiger partial charge in [-0.15, -0.1) is 0 Å². The molecule has 0 unspecified atom stereocenters. The van der Waals surface area contributed by atoms with Crippen molar-refractivity contribution in [3.8, 4) is 0 Å². The van der Waals surface area contributed by atoms with Gasteiger partial charge in [-0.25, -0.2) is 14.4 Å². The number of rotatable bonds is 8. The normalized spacial score (nSPS) is 12.0. The summed E-state index contributed by atoms with van der Waals surface area (Å²) in [6.45, 7) is 4.35. The van der Waals surface area contributed by atoms with Crippen LogP contribution in [-0.2, 0) is 20.6 Å². The Hall–Kier alpha value is -2.32. The maximum Gasteiger partial charge on any atom is 0.271 e. The molecule has 0 spiro atoms. The first kappa shape index (κ1) is 20.0. The van der Waals surface area contributed by atoms with Crippen molar-refractivity contribution in [1.29, 1.82) is 0 Å². The number of fused-ring (bicyclic) bond motifs is 5. The monoisotopic (exact) mass is 417 g/mol. The lowest BCUT2D eigenvalue weighted by Gasteiger charge is -2.17. The van der Waals surface area contributed by atoms with Crippen LogP contribution >= 0.6 is 11.6 Å². The quantitative estimate of drug-likeness (QED) is 0.306. The van der Waals surface area contributed by atoms with Crippen LogP contribution in [0.15, 0.2) is 36.7 Å². The highest BCUT2D eigenvalue weighted by Crippen LogP contribution is 2.28. The van der Waals surface area contributed by atoms with Crippen molar-refractivity contribution in [3.63, 3.8) is 0 Å². The van der Waals surface area contributed by atoms with E-state index in [1.165, 1.54) is 6.07 Å². The minimum Gasteiger partial charge on any atom is -0.330 e. The number of nitrogens with zero attached hydrogens (tertiary/aromatic N) is 3. The van der Waals surface area contributed by atoms with E-state index in [2.05, 4.69) is 9.97 Å². The van der Waals surface area contributed by atoms with Crippen LogP contribution in [0, 0.1) is 5.82 Å². The minimum absolute atomic E-state index is 0.303. The van der Waals surface area contributed by atoms with Gasteiger partial charge in [0.05, 0.1) is 23.2 Å². The SMILES string of the molecule is CCOC(OCC)OCCc1cc(F)c2cc3c4nc(Cl)ccc4ncn3c2c1. The zero-order valence-corrected chi connectivity index (χ0v) is 16.9. The van der Waals surface area contributed by atoms with Crippen molar-refractivity contribution in [2.75, 3.05) is 19.8 Å². The largest absolute Gasteiger partial charge is 0.330 e. The molecule has 0 saturated heterocycles. The Labute approximate surface area is 172 Å². The fourth-order valence-corrected chi connectivity index (χ4v) is 3.46. The van der Waals surface area contributed by atoms with Gasteiger partial charge in [0, 0.05) is 18.6 Å². The topological polar surface area (TPSA) is 57.9 Å². The molecule has 0 aliphatic carbocycles. The van der Waals surface area contributed by atoms with Crippen molar-refractivity contribution < 1.29 is 18.6 Å². The first-order valence-electron chi connectivity index (χ1n) is 9.50. The lowest BCUT2D eigenvalue weighted by Crippen LogP contribution is -2.22. The summed E-state index contributed by atoms with van der Waals surface area (Å²) < 4.78 is 33.0. The van der Waals surface area contributed by atoms with Crippen LogP contribution in [0.2, 0.25) is 5.15 Å². The Morgan fingerprint density at radius 3 is 2.62 bits per heavy atom. The standard InChI is InChI=1S/C21H21ClFN3O3/c1-3-27-21(28-4-2)29-8-7-13-9-15(23)14-11-18-20-16(5-6-19(22)25-20)24-12-26(18)17(14)10-13/h5-6,9-12,21H,3-4,7-8H2,1-2H3. The molecule has 4 aromatic rings. The van der Waals surface area contributed by atoms with Crippen LogP contribution in [0.25, 0.3) is 27.5 Å². The molecule has 0 aliphatic heterocycles. The number of benzene rings is 1. The molecule has 0 radical (unpaired) electrons. The van der Waals surface area contributed by atoms with Crippen molar-refractivity contribution in [3.05, 3.63) is 53.2 Å². The number of halogens is 2. The number of pyridine rings is 1. The average molecular weight is 418 g/mol. The summed E-state index contributed by atoms with van der Waals surface area (Å²) in [5.74, 6) is -0.303. The molecule has 0 aliphatic rings. The highest BCUT2D eigenvalue weighted by Gasteiger charge is 2.14. The second-order valence-corrected chi connectivity index (χ2v) is 6.86. The van der Waals surface area contributed by atoms with E-state index in [-0.39, 0.29) is 5.82 Å². The van der Waals surface area contributed by atoms with Gasteiger partial charge >= 0.3 is 0 Å². The van der Waals surface area contributed by atoms with Crippen molar-refractivity contribution in [2.24, 2.45) is 0 Å². The number of ether oxygens (including phenoxy) is 3. The van der Waals surface area contributed by atoms with E-state index < -0.39 is 6.48 Å². The van der Waals surface area contributed by atoms with Gasteiger partial charge in [0.25, 0.3) is 6.48 Å². The molecule has 3 heterocycles. The summed E-state index contributed by atoms with van der Waals surface area (Å²) in [5, 5.41) is 0.876. The smallest absolute Gasteiger partial charge is 0.271 e. The van der Waals surface area contributed by atoms with Gasteiger partial charge < -0.3 is 14.2 Å². The molecule has 29 heavy (non-hydrogen) atoms. The number of hydrogen-bond donors (Lipinski definition) is 0. The second-order valence-electron chi connectivity index (χ2n) is 6.48. The van der Waals surface area contributed by atoms with Crippen LogP contribution < -0.4 is 0 Å². The lowest BCUT2D eigenvalue weighted by molar-refractivity contribution is -0.284. The van der Waals surface area contributed by atoms with E-state index in [0.717, 1.165) is 16.6 Å². The zero-order chi connectivity index (χ0) is 20.4. The Balaban J connectivity index is 1.66. The number of aromatic nitrogens is 3. The summed E-state index contributed by atoms with van der Waals surface area (Å²) in [6, 6.07) is 8.72. The second kappa shape index (κ2) is 8.59. The highest BCUT2D eigenvalue weighted by molar-refractivity contribution is 6.29. The van der Waals surface area contributed by atoms with Gasteiger partial charge in [-0.2, -0.15) is 0 Å². The summed E-state index contributed by atoms with van der Waals surface area (Å²) in [7, 11) is 0. The Morgan fingerprint density at radius 2 is 1.86 bits per heavy atom. The van der Waals surface area contributed by atoms with E-state index in [4.69, 9.17) is 25.8 Å². The van der Waals surface area contributed by atoms with Crippen LogP contribution in [0.1, 0.15) is 19.4 Å². The maximum absolute atomic E-state index is 14.8. The molecule has 6 nitrogen and oxygen atoms in total. The lowest BCUT2D eigenvalue weighted by atomic mass is 10.1. The van der Waals surface area contributed by atoms with Crippen LogP contribution in [-0.4, -0.2) is 40.7 Å². The van der Waals surface area contributed by atoms with E-state index in [9.17, 15) is 4.39 Å². The fourth-order valence-electron chi connectivity index (χ4n) is 3.32. The van der Waals surface area contributed by atoms with E-state index in [1.54, 1.807) is 24.5 Å². The van der Waals surface area contributed by atoms with Gasteiger partial charge in [-0.05, 0) is 56.2 Å². The van der Waals surface area contributed by atoms with Crippen molar-refractivity contribution >= 4 is 39.1 Å². The molecular weight excluding hydrogens is 397 g/mol. The molecule has 3 aromatic heterocycles. The molecule has 0 N–H and O–H groups in total. The first-order chi connectivity index (χ1) is 14.1. The number of hydrogen-bond acceptors (Lipinski definition) is 5. The van der Waals surface area contributed by atoms with Gasteiger partial charge in [0.15, 0.2) is 0 Å². The Kier molecular flexibility index (Phi) is 5.91. The molecule has 0 atom stereocenters. The summed E-state index contributed by atoms with van der Waals surface area (Å²) in [6.07, 6.45) is 2.19. The Morgan fingerprint density at radius 1 is 1.07 bits per heavy atom. The molecule has 0 bridgehead atoms. The first-order valence-corrected chi connectivity index (χ1v) is 9.87. The van der Waals surface area contributed by atoms with Gasteiger partial charge in [0.1, 0.15) is 22.8 Å². The molecule has 1 aromatic carbocycles. The van der Waals surface area contributed by atoms with Crippen molar-refractivity contribution in [1.82, 2.24) is 14.4 Å². The molecule has 0 fully saturated rings. The van der Waals surface area contributed by atoms with E-state index in [1.807, 2.05) is 24.3 Å². The fraction of sp³-hybridized carbons (Fsp3) is 0.333. The Bertz CT molecular complexity index is 1160. The summed E-state index contributed by atoms with van der Waals surface area (Å²) in [5.41, 5.74) is 3.62. The molecule has 0 amide bonds. The highest BCUT2D eigenvalue weighted by atomic mass is 35.5. The third-order valence-electron chi connectivity index (χ3n) is 4.61. The molecule has 0 saturated carbocycles. The van der Waals surface area contributed by atoms with Gasteiger partial charge in [-0.1, -0.05) is 11.6 Å². The predicted octanol–water partition coefficient (Wildman–Crippen LogP) is 4.74. The molecule has 8 heteroatoms. The summed E-state index contributed by atoms with van der Waals surface area (Å²) >= 11 is 6.05. The van der Waals surface area contributed by atoms with Gasteiger partial charge in [0.2, 0.25) is 0 Å². The maximum atomic E-state index is 14.8. The van der Waals surface area contributed by atoms with Crippen molar-refractivity contribution in [2.45, 2.75) is 26.7 Å². The molecular formula is C21H21ClFN3O3. The van der Waals surface area contributed by atoms with Crippen LogP contribution in [0.5, 0.6) is 0 Å².